The van der Waals surface area contributed by atoms with Crippen LogP contribution in [0.15, 0.2) is 41.5 Å². The maximum atomic E-state index is 11.9. The second-order valence-corrected chi connectivity index (χ2v) is 4.36. The second kappa shape index (κ2) is 6.65. The van der Waals surface area contributed by atoms with Crippen LogP contribution in [0.25, 0.3) is 11.3 Å². The van der Waals surface area contributed by atoms with Crippen LogP contribution in [0.1, 0.15) is 37.2 Å². The van der Waals surface area contributed by atoms with E-state index in [1.807, 2.05) is 44.2 Å². The van der Waals surface area contributed by atoms with Crippen LogP contribution in [0.5, 0.6) is 0 Å². The van der Waals surface area contributed by atoms with Gasteiger partial charge in [-0.1, -0.05) is 44.2 Å². The number of benzene rings is 1. The molecular weight excluding hydrogens is 252 g/mol. The maximum absolute atomic E-state index is 11.9. The quantitative estimate of drug-likeness (QED) is 0.647. The number of aromatic nitrogens is 2. The Morgan fingerprint density at radius 2 is 1.95 bits per heavy atom. The van der Waals surface area contributed by atoms with Gasteiger partial charge in [-0.25, -0.2) is 5.43 Å². The SMILES string of the molecule is CCC(CC)=NNC(=O)c1cc(-c2ccccc2)n[nH]1. The minimum atomic E-state index is -0.279. The summed E-state index contributed by atoms with van der Waals surface area (Å²) in [6.45, 7) is 4.02. The van der Waals surface area contributed by atoms with Crippen LogP contribution in [0.2, 0.25) is 0 Å². The first-order valence-electron chi connectivity index (χ1n) is 6.71. The molecule has 0 saturated heterocycles. The molecule has 0 bridgehead atoms. The van der Waals surface area contributed by atoms with E-state index in [1.54, 1.807) is 6.07 Å². The highest BCUT2D eigenvalue weighted by molar-refractivity contribution is 5.94. The van der Waals surface area contributed by atoms with E-state index in [4.69, 9.17) is 0 Å². The average molecular weight is 270 g/mol. The van der Waals surface area contributed by atoms with Gasteiger partial charge in [0.1, 0.15) is 5.69 Å². The normalized spacial score (nSPS) is 10.1. The molecule has 0 saturated carbocycles. The van der Waals surface area contributed by atoms with Gasteiger partial charge in [0.05, 0.1) is 5.69 Å². The van der Waals surface area contributed by atoms with Gasteiger partial charge in [0, 0.05) is 11.3 Å². The van der Waals surface area contributed by atoms with Gasteiger partial charge in [0.15, 0.2) is 0 Å². The van der Waals surface area contributed by atoms with Crippen LogP contribution in [0.4, 0.5) is 0 Å². The summed E-state index contributed by atoms with van der Waals surface area (Å²) in [6, 6.07) is 11.4. The van der Waals surface area contributed by atoms with E-state index < -0.39 is 0 Å². The van der Waals surface area contributed by atoms with Crippen molar-refractivity contribution in [3.05, 3.63) is 42.1 Å². The van der Waals surface area contributed by atoms with E-state index in [-0.39, 0.29) is 5.91 Å². The molecule has 2 N–H and O–H groups in total. The number of hydrazone groups is 1. The predicted molar refractivity (Wildman–Crippen MR) is 79.5 cm³/mol. The summed E-state index contributed by atoms with van der Waals surface area (Å²) in [7, 11) is 0. The van der Waals surface area contributed by atoms with Gasteiger partial charge in [0.25, 0.3) is 5.91 Å². The molecule has 0 aliphatic rings. The Morgan fingerprint density at radius 1 is 1.25 bits per heavy atom. The second-order valence-electron chi connectivity index (χ2n) is 4.36. The van der Waals surface area contributed by atoms with Crippen molar-refractivity contribution >= 4 is 11.6 Å². The Bertz CT molecular complexity index is 595. The standard InChI is InChI=1S/C15H18N4O/c1-3-12(4-2)16-19-15(20)14-10-13(17-18-14)11-8-6-5-7-9-11/h5-10H,3-4H2,1-2H3,(H,17,18)(H,19,20). The molecule has 1 heterocycles. The highest BCUT2D eigenvalue weighted by Crippen LogP contribution is 2.16. The first kappa shape index (κ1) is 14.0. The average Bonchev–Trinajstić information content (AvgIpc) is 2.99. The highest BCUT2D eigenvalue weighted by Gasteiger charge is 2.10. The van der Waals surface area contributed by atoms with Gasteiger partial charge in [-0.3, -0.25) is 9.89 Å². The monoisotopic (exact) mass is 270 g/mol. The Morgan fingerprint density at radius 3 is 2.60 bits per heavy atom. The lowest BCUT2D eigenvalue weighted by atomic mass is 10.1. The fourth-order valence-corrected chi connectivity index (χ4v) is 1.79. The van der Waals surface area contributed by atoms with Crippen LogP contribution in [0, 0.1) is 0 Å². The molecule has 1 amide bonds. The van der Waals surface area contributed by atoms with Crippen molar-refractivity contribution in [3.8, 4) is 11.3 Å². The number of rotatable bonds is 5. The molecule has 2 aromatic rings. The zero-order chi connectivity index (χ0) is 14.4. The van der Waals surface area contributed by atoms with Crippen molar-refractivity contribution in [2.24, 2.45) is 5.10 Å². The van der Waals surface area contributed by atoms with Crippen molar-refractivity contribution in [2.45, 2.75) is 26.7 Å². The Labute approximate surface area is 118 Å². The molecule has 0 fully saturated rings. The number of nitrogens with zero attached hydrogens (tertiary/aromatic N) is 2. The van der Waals surface area contributed by atoms with Crippen LogP contribution in [-0.4, -0.2) is 21.8 Å². The molecule has 1 aromatic carbocycles. The molecule has 0 radical (unpaired) electrons. The lowest BCUT2D eigenvalue weighted by Crippen LogP contribution is -2.19. The summed E-state index contributed by atoms with van der Waals surface area (Å²) in [5.41, 5.74) is 5.61. The van der Waals surface area contributed by atoms with Crippen LogP contribution >= 0.6 is 0 Å². The largest absolute Gasteiger partial charge is 0.289 e. The molecular formula is C15H18N4O. The number of aromatic amines is 1. The number of nitrogens with one attached hydrogen (secondary N) is 2. The molecule has 0 unspecified atom stereocenters. The molecule has 5 nitrogen and oxygen atoms in total. The molecule has 20 heavy (non-hydrogen) atoms. The van der Waals surface area contributed by atoms with Gasteiger partial charge >= 0.3 is 0 Å². The van der Waals surface area contributed by atoms with Crippen LogP contribution in [-0.2, 0) is 0 Å². The number of H-pyrrole nitrogens is 1. The third-order valence-corrected chi connectivity index (χ3v) is 3.02. The van der Waals surface area contributed by atoms with Crippen molar-refractivity contribution in [2.75, 3.05) is 0 Å². The van der Waals surface area contributed by atoms with E-state index >= 15 is 0 Å². The van der Waals surface area contributed by atoms with E-state index in [0.29, 0.717) is 5.69 Å². The number of carbonyl (C=O) groups is 1. The lowest BCUT2D eigenvalue weighted by molar-refractivity contribution is 0.0949. The topological polar surface area (TPSA) is 70.1 Å². The number of amides is 1. The molecule has 0 atom stereocenters. The maximum Gasteiger partial charge on any atom is 0.289 e. The number of hydrogen-bond donors (Lipinski definition) is 2. The van der Waals surface area contributed by atoms with Gasteiger partial charge in [-0.05, 0) is 18.9 Å². The lowest BCUT2D eigenvalue weighted by Gasteiger charge is -2.00. The van der Waals surface area contributed by atoms with Crippen LogP contribution < -0.4 is 5.43 Å². The summed E-state index contributed by atoms with van der Waals surface area (Å²) >= 11 is 0. The molecule has 1 aromatic heterocycles. The van der Waals surface area contributed by atoms with E-state index in [2.05, 4.69) is 20.7 Å². The summed E-state index contributed by atoms with van der Waals surface area (Å²) in [6.07, 6.45) is 1.66. The fraction of sp³-hybridized carbons (Fsp3) is 0.267. The summed E-state index contributed by atoms with van der Waals surface area (Å²) < 4.78 is 0. The smallest absolute Gasteiger partial charge is 0.272 e. The van der Waals surface area contributed by atoms with Crippen molar-refractivity contribution in [1.82, 2.24) is 15.6 Å². The summed E-state index contributed by atoms with van der Waals surface area (Å²) in [5, 5.41) is 11.0. The molecule has 104 valence electrons. The first-order valence-corrected chi connectivity index (χ1v) is 6.71. The molecule has 0 aliphatic heterocycles. The highest BCUT2D eigenvalue weighted by atomic mass is 16.2. The van der Waals surface area contributed by atoms with E-state index in [0.717, 1.165) is 29.8 Å². The summed E-state index contributed by atoms with van der Waals surface area (Å²) in [5.74, 6) is -0.279. The van der Waals surface area contributed by atoms with Gasteiger partial charge in [-0.2, -0.15) is 10.2 Å². The predicted octanol–water partition coefficient (Wildman–Crippen LogP) is 2.98. The van der Waals surface area contributed by atoms with Gasteiger partial charge < -0.3 is 0 Å². The van der Waals surface area contributed by atoms with Gasteiger partial charge in [-0.15, -0.1) is 0 Å². The third-order valence-electron chi connectivity index (χ3n) is 3.02. The van der Waals surface area contributed by atoms with Gasteiger partial charge in [0.2, 0.25) is 0 Å². The minimum absolute atomic E-state index is 0.279. The number of carbonyl (C=O) groups excluding carboxylic acids is 1. The third kappa shape index (κ3) is 3.32. The zero-order valence-corrected chi connectivity index (χ0v) is 11.7. The Kier molecular flexibility index (Phi) is 4.65. The molecule has 5 heteroatoms. The fourth-order valence-electron chi connectivity index (χ4n) is 1.79. The van der Waals surface area contributed by atoms with Crippen LogP contribution in [0.3, 0.4) is 0 Å². The first-order chi connectivity index (χ1) is 9.74. The Balaban J connectivity index is 2.09. The van der Waals surface area contributed by atoms with E-state index in [9.17, 15) is 4.79 Å². The van der Waals surface area contributed by atoms with Crippen molar-refractivity contribution in [1.29, 1.82) is 0 Å². The number of hydrogen-bond acceptors (Lipinski definition) is 3. The zero-order valence-electron chi connectivity index (χ0n) is 11.7. The molecule has 0 aliphatic carbocycles. The van der Waals surface area contributed by atoms with Crippen molar-refractivity contribution in [3.63, 3.8) is 0 Å². The minimum Gasteiger partial charge on any atom is -0.272 e. The summed E-state index contributed by atoms with van der Waals surface area (Å²) in [4.78, 5) is 11.9. The molecule has 0 spiro atoms. The molecule has 2 rings (SSSR count). The van der Waals surface area contributed by atoms with Crippen molar-refractivity contribution < 1.29 is 4.79 Å². The Hall–Kier alpha value is -2.43. The van der Waals surface area contributed by atoms with E-state index in [1.165, 1.54) is 0 Å².